The molecular formula is C5H7N3O2S. The van der Waals surface area contributed by atoms with E-state index in [9.17, 15) is 8.42 Å². The molecule has 0 unspecified atom stereocenters. The maximum absolute atomic E-state index is 10.7. The van der Waals surface area contributed by atoms with E-state index >= 15 is 0 Å². The van der Waals surface area contributed by atoms with E-state index in [-0.39, 0.29) is 5.03 Å². The fraction of sp³-hybridized carbons (Fsp3) is 0.200. The Morgan fingerprint density at radius 1 is 1.55 bits per heavy atom. The molecule has 1 aromatic rings. The molecule has 0 fully saturated rings. The molecule has 1 heterocycles. The predicted octanol–water partition coefficient (Wildman–Crippen LogP) is -0.568. The largest absolute Gasteiger partial charge is 0.255 e. The van der Waals surface area contributed by atoms with Crippen molar-refractivity contribution in [2.45, 2.75) is 11.9 Å². The van der Waals surface area contributed by atoms with Crippen LogP contribution in [0.4, 0.5) is 0 Å². The summed E-state index contributed by atoms with van der Waals surface area (Å²) in [6.07, 6.45) is 1.35. The van der Waals surface area contributed by atoms with Crippen molar-refractivity contribution in [2.75, 3.05) is 0 Å². The van der Waals surface area contributed by atoms with Gasteiger partial charge in [-0.2, -0.15) is 0 Å². The van der Waals surface area contributed by atoms with Crippen molar-refractivity contribution in [1.82, 2.24) is 9.97 Å². The molecule has 0 aliphatic rings. The zero-order valence-electron chi connectivity index (χ0n) is 5.85. The van der Waals surface area contributed by atoms with E-state index in [4.69, 9.17) is 5.14 Å². The van der Waals surface area contributed by atoms with Gasteiger partial charge in [0.2, 0.25) is 0 Å². The molecule has 2 N–H and O–H groups in total. The van der Waals surface area contributed by atoms with E-state index in [0.29, 0.717) is 5.82 Å². The molecule has 0 aliphatic carbocycles. The number of primary sulfonamides is 1. The molecule has 6 heteroatoms. The maximum Gasteiger partial charge on any atom is 0.255 e. The molecule has 5 nitrogen and oxygen atoms in total. The highest BCUT2D eigenvalue weighted by Gasteiger charge is 2.08. The van der Waals surface area contributed by atoms with Gasteiger partial charge in [-0.25, -0.2) is 23.5 Å². The van der Waals surface area contributed by atoms with E-state index in [1.54, 1.807) is 6.92 Å². The molecule has 0 radical (unpaired) electrons. The third-order valence-corrected chi connectivity index (χ3v) is 1.85. The van der Waals surface area contributed by atoms with E-state index in [2.05, 4.69) is 9.97 Å². The minimum atomic E-state index is -3.68. The second-order valence-electron chi connectivity index (χ2n) is 1.99. The van der Waals surface area contributed by atoms with Crippen molar-refractivity contribution >= 4 is 10.0 Å². The number of rotatable bonds is 1. The summed E-state index contributed by atoms with van der Waals surface area (Å²) in [5.41, 5.74) is 0. The monoisotopic (exact) mass is 173 g/mol. The van der Waals surface area contributed by atoms with Crippen LogP contribution in [0.15, 0.2) is 17.3 Å². The maximum atomic E-state index is 10.7. The van der Waals surface area contributed by atoms with Gasteiger partial charge in [0.05, 0.1) is 0 Å². The molecule has 11 heavy (non-hydrogen) atoms. The first-order valence-electron chi connectivity index (χ1n) is 2.82. The number of nitrogens with two attached hydrogens (primary N) is 1. The highest BCUT2D eigenvalue weighted by Crippen LogP contribution is 1.99. The van der Waals surface area contributed by atoms with Crippen molar-refractivity contribution in [2.24, 2.45) is 5.14 Å². The normalized spacial score (nSPS) is 11.5. The zero-order chi connectivity index (χ0) is 8.48. The number of nitrogens with zero attached hydrogens (tertiary/aromatic N) is 2. The first-order chi connectivity index (χ1) is 5.00. The van der Waals surface area contributed by atoms with Gasteiger partial charge in [-0.15, -0.1) is 0 Å². The van der Waals surface area contributed by atoms with E-state index in [1.165, 1.54) is 12.3 Å². The van der Waals surface area contributed by atoms with E-state index < -0.39 is 10.0 Å². The standard InChI is InChI=1S/C5H7N3O2S/c1-4-7-3-2-5(8-4)11(6,9)10/h2-3H,1H3,(H2,6,9,10). The van der Waals surface area contributed by atoms with Crippen molar-refractivity contribution in [3.63, 3.8) is 0 Å². The van der Waals surface area contributed by atoms with Crippen LogP contribution in [-0.2, 0) is 10.0 Å². The number of aryl methyl sites for hydroxylation is 1. The van der Waals surface area contributed by atoms with Crippen LogP contribution in [0, 0.1) is 6.92 Å². The van der Waals surface area contributed by atoms with Crippen molar-refractivity contribution in [3.05, 3.63) is 18.1 Å². The highest BCUT2D eigenvalue weighted by molar-refractivity contribution is 7.89. The van der Waals surface area contributed by atoms with Gasteiger partial charge in [0.15, 0.2) is 5.03 Å². The molecule has 1 aromatic heterocycles. The van der Waals surface area contributed by atoms with Gasteiger partial charge >= 0.3 is 0 Å². The van der Waals surface area contributed by atoms with Crippen LogP contribution < -0.4 is 5.14 Å². The van der Waals surface area contributed by atoms with Crippen molar-refractivity contribution in [1.29, 1.82) is 0 Å². The summed E-state index contributed by atoms with van der Waals surface area (Å²) in [6, 6.07) is 1.25. The third-order valence-electron chi connectivity index (χ3n) is 1.04. The van der Waals surface area contributed by atoms with Crippen LogP contribution in [0.25, 0.3) is 0 Å². The average molecular weight is 173 g/mol. The Hall–Kier alpha value is -1.01. The van der Waals surface area contributed by atoms with Crippen LogP contribution in [0.3, 0.4) is 0 Å². The number of hydrogen-bond donors (Lipinski definition) is 1. The lowest BCUT2D eigenvalue weighted by Gasteiger charge is -1.95. The molecule has 0 saturated carbocycles. The number of sulfonamides is 1. The minimum Gasteiger partial charge on any atom is -0.242 e. The summed E-state index contributed by atoms with van der Waals surface area (Å²) >= 11 is 0. The number of aromatic nitrogens is 2. The molecule has 60 valence electrons. The van der Waals surface area contributed by atoms with Gasteiger partial charge in [0, 0.05) is 6.20 Å². The average Bonchev–Trinajstić information content (AvgIpc) is 1.86. The summed E-state index contributed by atoms with van der Waals surface area (Å²) in [6.45, 7) is 1.59. The molecular weight excluding hydrogens is 166 g/mol. The first kappa shape index (κ1) is 8.09. The molecule has 0 amide bonds. The molecule has 0 saturated heterocycles. The second-order valence-corrected chi connectivity index (χ2v) is 3.50. The Balaban J connectivity index is 3.28. The molecule has 0 aromatic carbocycles. The predicted molar refractivity (Wildman–Crippen MR) is 38.1 cm³/mol. The van der Waals surface area contributed by atoms with Gasteiger partial charge in [-0.1, -0.05) is 0 Å². The van der Waals surface area contributed by atoms with Gasteiger partial charge in [-0.05, 0) is 13.0 Å². The Morgan fingerprint density at radius 3 is 2.55 bits per heavy atom. The SMILES string of the molecule is Cc1nccc(S(N)(=O)=O)n1. The van der Waals surface area contributed by atoms with Crippen LogP contribution in [-0.4, -0.2) is 18.4 Å². The molecule has 0 bridgehead atoms. The summed E-state index contributed by atoms with van der Waals surface area (Å²) in [7, 11) is -3.68. The lowest BCUT2D eigenvalue weighted by atomic mass is 10.6. The molecule has 0 spiro atoms. The summed E-state index contributed by atoms with van der Waals surface area (Å²) < 4.78 is 21.3. The molecule has 1 rings (SSSR count). The third kappa shape index (κ3) is 1.95. The van der Waals surface area contributed by atoms with Gasteiger partial charge < -0.3 is 0 Å². The molecule has 0 aliphatic heterocycles. The highest BCUT2D eigenvalue weighted by atomic mass is 32.2. The Bertz CT molecular complexity index is 360. The van der Waals surface area contributed by atoms with Crippen LogP contribution >= 0.6 is 0 Å². The Morgan fingerprint density at radius 2 is 2.18 bits per heavy atom. The fourth-order valence-electron chi connectivity index (χ4n) is 0.593. The van der Waals surface area contributed by atoms with E-state index in [0.717, 1.165) is 0 Å². The fourth-order valence-corrected chi connectivity index (χ4v) is 1.10. The lowest BCUT2D eigenvalue weighted by molar-refractivity contribution is 0.593. The van der Waals surface area contributed by atoms with E-state index in [1.807, 2.05) is 0 Å². The quantitative estimate of drug-likeness (QED) is 0.576. The van der Waals surface area contributed by atoms with Crippen molar-refractivity contribution < 1.29 is 8.42 Å². The number of hydrogen-bond acceptors (Lipinski definition) is 4. The summed E-state index contributed by atoms with van der Waals surface area (Å²) in [5.74, 6) is 0.386. The lowest BCUT2D eigenvalue weighted by Crippen LogP contribution is -2.14. The molecule has 0 atom stereocenters. The van der Waals surface area contributed by atoms with Crippen molar-refractivity contribution in [3.8, 4) is 0 Å². The second kappa shape index (κ2) is 2.55. The van der Waals surface area contributed by atoms with Crippen LogP contribution in [0.5, 0.6) is 0 Å². The van der Waals surface area contributed by atoms with Gasteiger partial charge in [0.25, 0.3) is 10.0 Å². The first-order valence-corrected chi connectivity index (χ1v) is 4.37. The minimum absolute atomic E-state index is 0.148. The van der Waals surface area contributed by atoms with Crippen LogP contribution in [0.1, 0.15) is 5.82 Å². The van der Waals surface area contributed by atoms with Crippen LogP contribution in [0.2, 0.25) is 0 Å². The zero-order valence-corrected chi connectivity index (χ0v) is 6.67. The smallest absolute Gasteiger partial charge is 0.242 e. The van der Waals surface area contributed by atoms with Gasteiger partial charge in [0.1, 0.15) is 5.82 Å². The topological polar surface area (TPSA) is 85.9 Å². The summed E-state index contributed by atoms with van der Waals surface area (Å²) in [5, 5.41) is 4.66. The summed E-state index contributed by atoms with van der Waals surface area (Å²) in [4.78, 5) is 7.34. The Kier molecular flexibility index (Phi) is 1.88. The van der Waals surface area contributed by atoms with Gasteiger partial charge in [-0.3, -0.25) is 0 Å². The Labute approximate surface area is 64.3 Å².